The van der Waals surface area contributed by atoms with Crippen LogP contribution in [0.25, 0.3) is 0 Å². The Morgan fingerprint density at radius 1 is 0.818 bits per heavy atom. The summed E-state index contributed by atoms with van der Waals surface area (Å²) >= 11 is 0. The summed E-state index contributed by atoms with van der Waals surface area (Å²) in [4.78, 5) is 0. The highest BCUT2D eigenvalue weighted by Gasteiger charge is 2.45. The van der Waals surface area contributed by atoms with E-state index < -0.39 is 37.3 Å². The van der Waals surface area contributed by atoms with Crippen LogP contribution in [0.4, 0.5) is 0 Å². The molecule has 0 saturated carbocycles. The molecular formula is C25H32O8. The standard InChI is InChI=1S/C25H32O8/c26-14-21-22(28)23(29)24(30)25(33-21)32-19-12-8-16-5-9-17(27)4-2-1-3-15-6-10-18(11-7-15)31-20(19)13-16/h6-8,10-13,17,21-30H,1-5,9,14H2/t17-,21?,22+,23-,24?,25-/m1/s1. The third kappa shape index (κ3) is 5.84. The Balaban J connectivity index is 1.60. The molecular weight excluding hydrogens is 428 g/mol. The Bertz CT molecular complexity index is 900. The largest absolute Gasteiger partial charge is 0.458 e. The van der Waals surface area contributed by atoms with E-state index in [0.29, 0.717) is 24.3 Å². The van der Waals surface area contributed by atoms with Gasteiger partial charge in [0.25, 0.3) is 0 Å². The van der Waals surface area contributed by atoms with Crippen LogP contribution in [0, 0.1) is 0 Å². The Hall–Kier alpha value is -2.20. The molecule has 2 unspecified atom stereocenters. The van der Waals surface area contributed by atoms with Crippen molar-refractivity contribution >= 4 is 0 Å². The first kappa shape index (κ1) is 23.9. The van der Waals surface area contributed by atoms with Gasteiger partial charge in [0.15, 0.2) is 11.5 Å². The number of hydrogen-bond acceptors (Lipinski definition) is 8. The van der Waals surface area contributed by atoms with Crippen LogP contribution >= 0.6 is 0 Å². The van der Waals surface area contributed by atoms with E-state index in [-0.39, 0.29) is 11.9 Å². The van der Waals surface area contributed by atoms with E-state index in [1.54, 1.807) is 6.07 Å². The van der Waals surface area contributed by atoms with E-state index in [2.05, 4.69) is 0 Å². The SMILES string of the molecule is OCC1O[C@@H](Oc2ccc3cc2Oc2ccc(cc2)CCCC[C@@H](O)CC3)C(O)[C@H](O)[C@H]1O. The van der Waals surface area contributed by atoms with Crippen molar-refractivity contribution in [2.75, 3.05) is 6.61 Å². The highest BCUT2D eigenvalue weighted by Crippen LogP contribution is 2.36. The second-order valence-corrected chi connectivity index (χ2v) is 8.78. The fourth-order valence-corrected chi connectivity index (χ4v) is 4.21. The van der Waals surface area contributed by atoms with E-state index in [1.807, 2.05) is 36.4 Å². The van der Waals surface area contributed by atoms with E-state index >= 15 is 0 Å². The Morgan fingerprint density at radius 3 is 2.33 bits per heavy atom. The van der Waals surface area contributed by atoms with Crippen molar-refractivity contribution in [3.05, 3.63) is 53.6 Å². The maximum Gasteiger partial charge on any atom is 0.229 e. The van der Waals surface area contributed by atoms with Gasteiger partial charge >= 0.3 is 0 Å². The predicted molar refractivity (Wildman–Crippen MR) is 119 cm³/mol. The van der Waals surface area contributed by atoms with E-state index in [1.165, 1.54) is 5.56 Å². The van der Waals surface area contributed by atoms with Crippen molar-refractivity contribution in [3.63, 3.8) is 0 Å². The minimum absolute atomic E-state index is 0.275. The number of aliphatic hydroxyl groups excluding tert-OH is 5. The zero-order chi connectivity index (χ0) is 23.4. The molecule has 0 aliphatic carbocycles. The fourth-order valence-electron chi connectivity index (χ4n) is 4.21. The molecule has 3 aliphatic heterocycles. The third-order valence-electron chi connectivity index (χ3n) is 6.27. The third-order valence-corrected chi connectivity index (χ3v) is 6.27. The van der Waals surface area contributed by atoms with Gasteiger partial charge in [0, 0.05) is 0 Å². The van der Waals surface area contributed by atoms with Gasteiger partial charge in [-0.1, -0.05) is 24.6 Å². The van der Waals surface area contributed by atoms with Crippen molar-refractivity contribution in [3.8, 4) is 17.2 Å². The molecule has 33 heavy (non-hydrogen) atoms. The van der Waals surface area contributed by atoms with Gasteiger partial charge in [-0.05, 0) is 67.5 Å². The van der Waals surface area contributed by atoms with Gasteiger partial charge in [-0.2, -0.15) is 0 Å². The molecule has 4 bridgehead atoms. The molecule has 8 nitrogen and oxygen atoms in total. The zero-order valence-corrected chi connectivity index (χ0v) is 18.4. The second-order valence-electron chi connectivity index (χ2n) is 8.78. The molecule has 5 rings (SSSR count). The van der Waals surface area contributed by atoms with Crippen molar-refractivity contribution in [1.29, 1.82) is 0 Å². The summed E-state index contributed by atoms with van der Waals surface area (Å²) in [6, 6.07) is 13.1. The molecule has 5 N–H and O–H groups in total. The minimum Gasteiger partial charge on any atom is -0.458 e. The first-order valence-corrected chi connectivity index (χ1v) is 11.5. The summed E-state index contributed by atoms with van der Waals surface area (Å²) in [5.74, 6) is 1.28. The van der Waals surface area contributed by atoms with Gasteiger partial charge < -0.3 is 39.7 Å². The zero-order valence-electron chi connectivity index (χ0n) is 18.4. The maximum absolute atomic E-state index is 10.3. The molecule has 0 amide bonds. The van der Waals surface area contributed by atoms with Crippen LogP contribution in [0.1, 0.15) is 36.8 Å². The average Bonchev–Trinajstić information content (AvgIpc) is 2.83. The molecule has 2 aromatic rings. The lowest BCUT2D eigenvalue weighted by Gasteiger charge is -2.39. The average molecular weight is 461 g/mol. The summed E-state index contributed by atoms with van der Waals surface area (Å²) in [6.45, 7) is -0.540. The van der Waals surface area contributed by atoms with Crippen LogP contribution in [0.3, 0.4) is 0 Å². The molecule has 3 heterocycles. The highest BCUT2D eigenvalue weighted by atomic mass is 16.7. The van der Waals surface area contributed by atoms with Crippen LogP contribution in [-0.2, 0) is 17.6 Å². The molecule has 180 valence electrons. The van der Waals surface area contributed by atoms with Gasteiger partial charge in [-0.25, -0.2) is 0 Å². The van der Waals surface area contributed by atoms with Crippen LogP contribution in [-0.4, -0.2) is 68.9 Å². The first-order valence-electron chi connectivity index (χ1n) is 11.5. The number of aliphatic hydroxyl groups is 5. The van der Waals surface area contributed by atoms with E-state index in [4.69, 9.17) is 14.2 Å². The van der Waals surface area contributed by atoms with Gasteiger partial charge in [-0.3, -0.25) is 0 Å². The Labute approximate surface area is 193 Å². The number of benzene rings is 2. The summed E-state index contributed by atoms with van der Waals surface area (Å²) in [6.07, 6.45) is -2.29. The van der Waals surface area contributed by atoms with Crippen LogP contribution < -0.4 is 9.47 Å². The monoisotopic (exact) mass is 460 g/mol. The lowest BCUT2D eigenvalue weighted by Crippen LogP contribution is -2.60. The first-order chi connectivity index (χ1) is 15.9. The van der Waals surface area contributed by atoms with Crippen molar-refractivity contribution < 1.29 is 39.7 Å². The van der Waals surface area contributed by atoms with Crippen LogP contribution in [0.2, 0.25) is 0 Å². The Morgan fingerprint density at radius 2 is 1.58 bits per heavy atom. The summed E-state index contributed by atoms with van der Waals surface area (Å²) in [5.41, 5.74) is 2.15. The molecule has 0 radical (unpaired) electrons. The molecule has 8 heteroatoms. The number of aryl methyl sites for hydroxylation is 2. The maximum atomic E-state index is 10.3. The summed E-state index contributed by atoms with van der Waals surface area (Å²) < 4.78 is 17.4. The quantitative estimate of drug-likeness (QED) is 0.468. The van der Waals surface area contributed by atoms with Crippen molar-refractivity contribution in [1.82, 2.24) is 0 Å². The summed E-state index contributed by atoms with van der Waals surface area (Å²) in [5, 5.41) is 50.2. The highest BCUT2D eigenvalue weighted by molar-refractivity contribution is 5.46. The van der Waals surface area contributed by atoms with Gasteiger partial charge in [0.2, 0.25) is 6.29 Å². The molecule has 0 spiro atoms. The molecule has 3 aliphatic rings. The lowest BCUT2D eigenvalue weighted by molar-refractivity contribution is -0.277. The topological polar surface area (TPSA) is 129 Å². The number of ether oxygens (including phenoxy) is 3. The van der Waals surface area contributed by atoms with Gasteiger partial charge in [0.1, 0.15) is 30.2 Å². The predicted octanol–water partition coefficient (Wildman–Crippen LogP) is 1.68. The fraction of sp³-hybridized carbons (Fsp3) is 0.520. The lowest BCUT2D eigenvalue weighted by atomic mass is 9.99. The number of fused-ring (bicyclic) bond motifs is 8. The van der Waals surface area contributed by atoms with Gasteiger partial charge in [0.05, 0.1) is 12.7 Å². The Kier molecular flexibility index (Phi) is 7.85. The smallest absolute Gasteiger partial charge is 0.229 e. The summed E-state index contributed by atoms with van der Waals surface area (Å²) in [7, 11) is 0. The van der Waals surface area contributed by atoms with E-state index in [9.17, 15) is 25.5 Å². The normalized spacial score (nSPS) is 30.7. The second kappa shape index (κ2) is 10.8. The number of hydrogen-bond donors (Lipinski definition) is 5. The van der Waals surface area contributed by atoms with Crippen LogP contribution in [0.15, 0.2) is 42.5 Å². The molecule has 2 aromatic carbocycles. The molecule has 1 saturated heterocycles. The molecule has 1 fully saturated rings. The van der Waals surface area contributed by atoms with Crippen molar-refractivity contribution in [2.24, 2.45) is 0 Å². The van der Waals surface area contributed by atoms with Crippen molar-refractivity contribution in [2.45, 2.75) is 75.3 Å². The molecule has 0 aromatic heterocycles. The van der Waals surface area contributed by atoms with Gasteiger partial charge in [-0.15, -0.1) is 0 Å². The number of rotatable bonds is 3. The molecule has 6 atom stereocenters. The van der Waals surface area contributed by atoms with Crippen LogP contribution in [0.5, 0.6) is 17.2 Å². The van der Waals surface area contributed by atoms with E-state index in [0.717, 1.165) is 31.2 Å². The minimum atomic E-state index is -1.53.